The number of rotatable bonds is 7. The van der Waals surface area contributed by atoms with Crippen LogP contribution in [0.25, 0.3) is 0 Å². The van der Waals surface area contributed by atoms with Crippen molar-refractivity contribution in [2.24, 2.45) is 5.41 Å². The summed E-state index contributed by atoms with van der Waals surface area (Å²) in [6.45, 7) is 4.88. The van der Waals surface area contributed by atoms with Crippen molar-refractivity contribution in [3.8, 4) is 0 Å². The predicted octanol–water partition coefficient (Wildman–Crippen LogP) is 2.37. The SMILES string of the molecule is COCCC(C)(C)CNS(=O)(=O)c1cc(Br)ccc1N. The molecule has 0 aliphatic rings. The number of halogens is 1. The zero-order valence-electron chi connectivity index (χ0n) is 11.9. The zero-order chi connectivity index (χ0) is 15.4. The molecular weight excluding hydrogens is 344 g/mol. The van der Waals surface area contributed by atoms with Gasteiger partial charge in [0.2, 0.25) is 10.0 Å². The van der Waals surface area contributed by atoms with Crippen LogP contribution in [-0.2, 0) is 14.8 Å². The summed E-state index contributed by atoms with van der Waals surface area (Å²) in [4.78, 5) is 0.0921. The molecule has 0 heterocycles. The number of nitrogens with two attached hydrogens (primary N) is 1. The van der Waals surface area contributed by atoms with Gasteiger partial charge in [0.1, 0.15) is 4.90 Å². The lowest BCUT2D eigenvalue weighted by molar-refractivity contribution is 0.153. The first-order valence-electron chi connectivity index (χ1n) is 6.21. The van der Waals surface area contributed by atoms with Crippen molar-refractivity contribution in [2.75, 3.05) is 26.0 Å². The second-order valence-electron chi connectivity index (χ2n) is 5.41. The first kappa shape index (κ1) is 17.4. The number of hydrogen-bond donors (Lipinski definition) is 2. The standard InChI is InChI=1S/C13H21BrN2O3S/c1-13(2,6-7-19-3)9-16-20(17,18)12-8-10(14)4-5-11(12)15/h4-5,8,16H,6-7,9,15H2,1-3H3. The second-order valence-corrected chi connectivity index (χ2v) is 8.06. The normalized spacial score (nSPS) is 12.6. The van der Waals surface area contributed by atoms with Crippen LogP contribution in [0.2, 0.25) is 0 Å². The van der Waals surface area contributed by atoms with Crippen LogP contribution >= 0.6 is 15.9 Å². The highest BCUT2D eigenvalue weighted by molar-refractivity contribution is 9.10. The van der Waals surface area contributed by atoms with E-state index in [1.807, 2.05) is 13.8 Å². The molecule has 0 spiro atoms. The molecule has 0 amide bonds. The summed E-state index contributed by atoms with van der Waals surface area (Å²) in [5.74, 6) is 0. The Kier molecular flexibility index (Phi) is 6.00. The van der Waals surface area contributed by atoms with Crippen LogP contribution in [0.4, 0.5) is 5.69 Å². The first-order valence-corrected chi connectivity index (χ1v) is 8.49. The molecule has 3 N–H and O–H groups in total. The third kappa shape index (κ3) is 5.05. The smallest absolute Gasteiger partial charge is 0.242 e. The number of nitrogens with one attached hydrogen (secondary N) is 1. The van der Waals surface area contributed by atoms with Crippen LogP contribution in [0.3, 0.4) is 0 Å². The van der Waals surface area contributed by atoms with Crippen LogP contribution in [0.15, 0.2) is 27.6 Å². The number of ether oxygens (including phenoxy) is 1. The number of sulfonamides is 1. The summed E-state index contributed by atoms with van der Waals surface area (Å²) in [6.07, 6.45) is 0.764. The van der Waals surface area contributed by atoms with Crippen LogP contribution in [-0.4, -0.2) is 28.7 Å². The molecular formula is C13H21BrN2O3S. The van der Waals surface area contributed by atoms with E-state index in [2.05, 4.69) is 20.7 Å². The molecule has 0 bridgehead atoms. The summed E-state index contributed by atoms with van der Waals surface area (Å²) in [7, 11) is -1.99. The molecule has 0 radical (unpaired) electrons. The molecule has 5 nitrogen and oxygen atoms in total. The second kappa shape index (κ2) is 6.89. The van der Waals surface area contributed by atoms with E-state index in [4.69, 9.17) is 10.5 Å². The Morgan fingerprint density at radius 2 is 2.05 bits per heavy atom. The highest BCUT2D eigenvalue weighted by Gasteiger charge is 2.23. The Morgan fingerprint density at radius 3 is 2.65 bits per heavy atom. The van der Waals surface area contributed by atoms with Crippen molar-refractivity contribution in [3.63, 3.8) is 0 Å². The molecule has 114 valence electrons. The monoisotopic (exact) mass is 364 g/mol. The van der Waals surface area contributed by atoms with Crippen molar-refractivity contribution in [2.45, 2.75) is 25.2 Å². The highest BCUT2D eigenvalue weighted by Crippen LogP contribution is 2.24. The Morgan fingerprint density at radius 1 is 1.40 bits per heavy atom. The molecule has 0 aliphatic heterocycles. The predicted molar refractivity (Wildman–Crippen MR) is 84.0 cm³/mol. The maximum absolute atomic E-state index is 12.3. The van der Waals surface area contributed by atoms with Gasteiger partial charge in [-0.05, 0) is 30.0 Å². The minimum Gasteiger partial charge on any atom is -0.398 e. The minimum absolute atomic E-state index is 0.0921. The molecule has 20 heavy (non-hydrogen) atoms. The maximum atomic E-state index is 12.3. The molecule has 0 fully saturated rings. The topological polar surface area (TPSA) is 81.4 Å². The van der Waals surface area contributed by atoms with Crippen LogP contribution < -0.4 is 10.5 Å². The Balaban J connectivity index is 2.83. The fraction of sp³-hybridized carbons (Fsp3) is 0.538. The average molecular weight is 365 g/mol. The molecule has 0 saturated carbocycles. The summed E-state index contributed by atoms with van der Waals surface area (Å²) in [6, 6.07) is 4.77. The molecule has 1 aromatic rings. The van der Waals surface area contributed by atoms with Gasteiger partial charge < -0.3 is 10.5 Å². The summed E-state index contributed by atoms with van der Waals surface area (Å²) in [5, 5.41) is 0. The maximum Gasteiger partial charge on any atom is 0.242 e. The number of nitrogen functional groups attached to an aromatic ring is 1. The average Bonchev–Trinajstić information content (AvgIpc) is 2.37. The minimum atomic E-state index is -3.62. The van der Waals surface area contributed by atoms with Gasteiger partial charge in [-0.1, -0.05) is 29.8 Å². The molecule has 0 saturated heterocycles. The summed E-state index contributed by atoms with van der Waals surface area (Å²) in [5.41, 5.74) is 5.78. The Hall–Kier alpha value is -0.630. The van der Waals surface area contributed by atoms with Crippen molar-refractivity contribution < 1.29 is 13.2 Å². The van der Waals surface area contributed by atoms with E-state index in [9.17, 15) is 8.42 Å². The van der Waals surface area contributed by atoms with Gasteiger partial charge in [-0.3, -0.25) is 0 Å². The van der Waals surface area contributed by atoms with Gasteiger partial charge in [0.05, 0.1) is 5.69 Å². The Bertz CT molecular complexity index is 559. The van der Waals surface area contributed by atoms with Gasteiger partial charge in [-0.25, -0.2) is 13.1 Å². The number of methoxy groups -OCH3 is 1. The van der Waals surface area contributed by atoms with Gasteiger partial charge in [0.25, 0.3) is 0 Å². The summed E-state index contributed by atoms with van der Waals surface area (Å²) < 4.78 is 32.9. The third-order valence-corrected chi connectivity index (χ3v) is 4.94. The van der Waals surface area contributed by atoms with E-state index in [0.29, 0.717) is 17.6 Å². The van der Waals surface area contributed by atoms with Gasteiger partial charge in [-0.15, -0.1) is 0 Å². The van der Waals surface area contributed by atoms with Crippen LogP contribution in [0, 0.1) is 5.41 Å². The lowest BCUT2D eigenvalue weighted by Crippen LogP contribution is -2.35. The van der Waals surface area contributed by atoms with Gasteiger partial charge in [0.15, 0.2) is 0 Å². The lowest BCUT2D eigenvalue weighted by atomic mass is 9.90. The molecule has 1 rings (SSSR count). The van der Waals surface area contributed by atoms with Crippen LogP contribution in [0.1, 0.15) is 20.3 Å². The fourth-order valence-corrected chi connectivity index (χ4v) is 3.49. The summed E-state index contributed by atoms with van der Waals surface area (Å²) >= 11 is 3.25. The quantitative estimate of drug-likeness (QED) is 0.727. The molecule has 1 aromatic carbocycles. The molecule has 0 aliphatic carbocycles. The van der Waals surface area contributed by atoms with E-state index in [-0.39, 0.29) is 16.0 Å². The molecule has 0 atom stereocenters. The zero-order valence-corrected chi connectivity index (χ0v) is 14.3. The Labute approximate surface area is 129 Å². The van der Waals surface area contributed by atoms with Crippen LogP contribution in [0.5, 0.6) is 0 Å². The molecule has 7 heteroatoms. The van der Waals surface area contributed by atoms with Crippen molar-refractivity contribution in [3.05, 3.63) is 22.7 Å². The van der Waals surface area contributed by atoms with Gasteiger partial charge >= 0.3 is 0 Å². The highest BCUT2D eigenvalue weighted by atomic mass is 79.9. The van der Waals surface area contributed by atoms with E-state index >= 15 is 0 Å². The van der Waals surface area contributed by atoms with E-state index in [1.54, 1.807) is 19.2 Å². The van der Waals surface area contributed by atoms with Gasteiger partial charge in [0, 0.05) is 24.7 Å². The van der Waals surface area contributed by atoms with Crippen molar-refractivity contribution in [1.29, 1.82) is 0 Å². The van der Waals surface area contributed by atoms with E-state index < -0.39 is 10.0 Å². The largest absolute Gasteiger partial charge is 0.398 e. The molecule has 0 aromatic heterocycles. The first-order chi connectivity index (χ1) is 9.18. The van der Waals surface area contributed by atoms with Crippen molar-refractivity contribution in [1.82, 2.24) is 4.72 Å². The fourth-order valence-electron chi connectivity index (χ4n) is 1.58. The van der Waals surface area contributed by atoms with Gasteiger partial charge in [-0.2, -0.15) is 0 Å². The lowest BCUT2D eigenvalue weighted by Gasteiger charge is -2.24. The number of hydrogen-bond acceptors (Lipinski definition) is 4. The molecule has 0 unspecified atom stereocenters. The van der Waals surface area contributed by atoms with Crippen molar-refractivity contribution >= 4 is 31.6 Å². The third-order valence-electron chi connectivity index (χ3n) is 2.99. The number of benzene rings is 1. The van der Waals surface area contributed by atoms with E-state index in [0.717, 1.165) is 6.42 Å². The van der Waals surface area contributed by atoms with E-state index in [1.165, 1.54) is 6.07 Å². The number of anilines is 1.